The fourth-order valence-electron chi connectivity index (χ4n) is 2.81. The first-order valence-electron chi connectivity index (χ1n) is 7.62. The SMILES string of the molecule is CC(C)(CN)c1ccc(NC(=O)CC2CCCC2)cc1. The van der Waals surface area contributed by atoms with Gasteiger partial charge in [0.2, 0.25) is 5.91 Å². The first-order valence-corrected chi connectivity index (χ1v) is 7.62. The summed E-state index contributed by atoms with van der Waals surface area (Å²) in [4.78, 5) is 12.0. The molecule has 0 radical (unpaired) electrons. The van der Waals surface area contributed by atoms with Crippen molar-refractivity contribution in [3.63, 3.8) is 0 Å². The molecule has 0 unspecified atom stereocenters. The molecule has 20 heavy (non-hydrogen) atoms. The van der Waals surface area contributed by atoms with Gasteiger partial charge < -0.3 is 11.1 Å². The summed E-state index contributed by atoms with van der Waals surface area (Å²) < 4.78 is 0. The molecule has 0 aliphatic heterocycles. The Hall–Kier alpha value is -1.35. The van der Waals surface area contributed by atoms with Crippen LogP contribution in [0.25, 0.3) is 0 Å². The minimum Gasteiger partial charge on any atom is -0.330 e. The van der Waals surface area contributed by atoms with Crippen molar-refractivity contribution in [1.29, 1.82) is 0 Å². The molecule has 3 N–H and O–H groups in total. The van der Waals surface area contributed by atoms with E-state index in [1.54, 1.807) is 0 Å². The van der Waals surface area contributed by atoms with E-state index < -0.39 is 0 Å². The van der Waals surface area contributed by atoms with E-state index in [1.807, 2.05) is 12.1 Å². The average molecular weight is 274 g/mol. The highest BCUT2D eigenvalue weighted by molar-refractivity contribution is 5.90. The largest absolute Gasteiger partial charge is 0.330 e. The molecule has 1 aliphatic carbocycles. The number of amides is 1. The summed E-state index contributed by atoms with van der Waals surface area (Å²) in [5.41, 5.74) is 7.84. The Morgan fingerprint density at radius 2 is 1.85 bits per heavy atom. The topological polar surface area (TPSA) is 55.1 Å². The molecule has 1 aromatic rings. The van der Waals surface area contributed by atoms with E-state index in [1.165, 1.54) is 31.2 Å². The van der Waals surface area contributed by atoms with Gasteiger partial charge in [-0.2, -0.15) is 0 Å². The van der Waals surface area contributed by atoms with Crippen molar-refractivity contribution in [1.82, 2.24) is 0 Å². The van der Waals surface area contributed by atoms with Gasteiger partial charge in [-0.15, -0.1) is 0 Å². The zero-order valence-corrected chi connectivity index (χ0v) is 12.6. The van der Waals surface area contributed by atoms with Crippen LogP contribution in [-0.4, -0.2) is 12.5 Å². The molecule has 1 aliphatic rings. The maximum absolute atomic E-state index is 12.0. The van der Waals surface area contributed by atoms with Crippen molar-refractivity contribution in [2.75, 3.05) is 11.9 Å². The zero-order valence-electron chi connectivity index (χ0n) is 12.6. The molecule has 0 bridgehead atoms. The van der Waals surface area contributed by atoms with Crippen molar-refractivity contribution in [2.24, 2.45) is 11.7 Å². The summed E-state index contributed by atoms with van der Waals surface area (Å²) >= 11 is 0. The van der Waals surface area contributed by atoms with Crippen LogP contribution in [0.5, 0.6) is 0 Å². The van der Waals surface area contributed by atoms with E-state index in [0.29, 0.717) is 18.9 Å². The normalized spacial score (nSPS) is 16.4. The van der Waals surface area contributed by atoms with Gasteiger partial charge in [-0.1, -0.05) is 38.8 Å². The van der Waals surface area contributed by atoms with E-state index in [2.05, 4.69) is 31.3 Å². The van der Waals surface area contributed by atoms with Crippen molar-refractivity contribution in [3.05, 3.63) is 29.8 Å². The number of carbonyl (C=O) groups excluding carboxylic acids is 1. The second kappa shape index (κ2) is 6.40. The van der Waals surface area contributed by atoms with Crippen LogP contribution >= 0.6 is 0 Å². The summed E-state index contributed by atoms with van der Waals surface area (Å²) in [6.07, 6.45) is 5.63. The summed E-state index contributed by atoms with van der Waals surface area (Å²) in [5, 5.41) is 3.00. The van der Waals surface area contributed by atoms with Crippen LogP contribution < -0.4 is 11.1 Å². The Balaban J connectivity index is 1.91. The Morgan fingerprint density at radius 3 is 2.40 bits per heavy atom. The van der Waals surface area contributed by atoms with E-state index in [9.17, 15) is 4.79 Å². The van der Waals surface area contributed by atoms with E-state index >= 15 is 0 Å². The second-order valence-corrected chi connectivity index (χ2v) is 6.57. The standard InChI is InChI=1S/C17H26N2O/c1-17(2,12-18)14-7-9-15(10-8-14)19-16(20)11-13-5-3-4-6-13/h7-10,13H,3-6,11-12,18H2,1-2H3,(H,19,20). The number of nitrogens with one attached hydrogen (secondary N) is 1. The van der Waals surface area contributed by atoms with E-state index in [-0.39, 0.29) is 11.3 Å². The van der Waals surface area contributed by atoms with Crippen LogP contribution in [0.15, 0.2) is 24.3 Å². The Kier molecular flexibility index (Phi) is 4.81. The minimum absolute atomic E-state index is 0.0214. The molecule has 0 atom stereocenters. The van der Waals surface area contributed by atoms with Crippen molar-refractivity contribution in [2.45, 2.75) is 51.4 Å². The van der Waals surface area contributed by atoms with E-state index in [4.69, 9.17) is 5.73 Å². The van der Waals surface area contributed by atoms with Crippen LogP contribution in [0.4, 0.5) is 5.69 Å². The quantitative estimate of drug-likeness (QED) is 0.864. The predicted octanol–water partition coefficient (Wildman–Crippen LogP) is 3.44. The molecule has 110 valence electrons. The van der Waals surface area contributed by atoms with Gasteiger partial charge >= 0.3 is 0 Å². The van der Waals surface area contributed by atoms with Crippen LogP contribution in [-0.2, 0) is 10.2 Å². The number of hydrogen-bond donors (Lipinski definition) is 2. The predicted molar refractivity (Wildman–Crippen MR) is 83.7 cm³/mol. The van der Waals surface area contributed by atoms with Gasteiger partial charge in [0.15, 0.2) is 0 Å². The fourth-order valence-corrected chi connectivity index (χ4v) is 2.81. The third kappa shape index (κ3) is 3.83. The Labute approximate surface area is 121 Å². The van der Waals surface area contributed by atoms with Gasteiger partial charge in [0.1, 0.15) is 0 Å². The highest BCUT2D eigenvalue weighted by Crippen LogP contribution is 2.28. The molecule has 1 fully saturated rings. The molecule has 0 aromatic heterocycles. The van der Waals surface area contributed by atoms with Crippen LogP contribution in [0.3, 0.4) is 0 Å². The average Bonchev–Trinajstić information content (AvgIpc) is 2.92. The van der Waals surface area contributed by atoms with E-state index in [0.717, 1.165) is 5.69 Å². The fraction of sp³-hybridized carbons (Fsp3) is 0.588. The van der Waals surface area contributed by atoms with Crippen molar-refractivity contribution < 1.29 is 4.79 Å². The van der Waals surface area contributed by atoms with Crippen LogP contribution in [0.1, 0.15) is 51.5 Å². The number of hydrogen-bond acceptors (Lipinski definition) is 2. The molecule has 1 amide bonds. The third-order valence-electron chi connectivity index (χ3n) is 4.41. The summed E-state index contributed by atoms with van der Waals surface area (Å²) in [6, 6.07) is 8.05. The summed E-state index contributed by atoms with van der Waals surface area (Å²) in [7, 11) is 0. The van der Waals surface area contributed by atoms with Gasteiger partial charge in [-0.3, -0.25) is 4.79 Å². The molecule has 3 nitrogen and oxygen atoms in total. The molecule has 3 heteroatoms. The minimum atomic E-state index is -0.0214. The Bertz CT molecular complexity index is 445. The zero-order chi connectivity index (χ0) is 14.6. The monoisotopic (exact) mass is 274 g/mol. The summed E-state index contributed by atoms with van der Waals surface area (Å²) in [5.74, 6) is 0.730. The van der Waals surface area contributed by atoms with Gasteiger partial charge in [0, 0.05) is 24.1 Å². The maximum atomic E-state index is 12.0. The lowest BCUT2D eigenvalue weighted by Crippen LogP contribution is -2.28. The second-order valence-electron chi connectivity index (χ2n) is 6.57. The first kappa shape index (κ1) is 15.0. The van der Waals surface area contributed by atoms with Gasteiger partial charge in [-0.25, -0.2) is 0 Å². The highest BCUT2D eigenvalue weighted by Gasteiger charge is 2.19. The molecule has 1 aromatic carbocycles. The lowest BCUT2D eigenvalue weighted by atomic mass is 9.85. The van der Waals surface area contributed by atoms with Gasteiger partial charge in [-0.05, 0) is 36.5 Å². The maximum Gasteiger partial charge on any atom is 0.224 e. The number of nitrogens with two attached hydrogens (primary N) is 1. The summed E-state index contributed by atoms with van der Waals surface area (Å²) in [6.45, 7) is 4.86. The Morgan fingerprint density at radius 1 is 1.25 bits per heavy atom. The van der Waals surface area contributed by atoms with Crippen LogP contribution in [0, 0.1) is 5.92 Å². The molecule has 1 saturated carbocycles. The van der Waals surface area contributed by atoms with Gasteiger partial charge in [0.25, 0.3) is 0 Å². The number of rotatable bonds is 5. The van der Waals surface area contributed by atoms with Crippen LogP contribution in [0.2, 0.25) is 0 Å². The third-order valence-corrected chi connectivity index (χ3v) is 4.41. The number of carbonyl (C=O) groups is 1. The molecular formula is C17H26N2O. The molecular weight excluding hydrogens is 248 g/mol. The van der Waals surface area contributed by atoms with Crippen molar-refractivity contribution in [3.8, 4) is 0 Å². The number of anilines is 1. The van der Waals surface area contributed by atoms with Gasteiger partial charge in [0.05, 0.1) is 0 Å². The van der Waals surface area contributed by atoms with Crippen molar-refractivity contribution >= 4 is 11.6 Å². The molecule has 0 saturated heterocycles. The molecule has 0 heterocycles. The lowest BCUT2D eigenvalue weighted by molar-refractivity contribution is -0.117. The highest BCUT2D eigenvalue weighted by atomic mass is 16.1. The lowest BCUT2D eigenvalue weighted by Gasteiger charge is -2.23. The first-order chi connectivity index (χ1) is 9.51. The smallest absolute Gasteiger partial charge is 0.224 e. The molecule has 2 rings (SSSR count). The number of benzene rings is 1. The molecule has 0 spiro atoms.